The molecular formula is C11H12BrN3O2. The number of nitrogens with one attached hydrogen (secondary N) is 1. The van der Waals surface area contributed by atoms with E-state index in [9.17, 15) is 4.79 Å². The summed E-state index contributed by atoms with van der Waals surface area (Å²) in [6.07, 6.45) is 0. The topological polar surface area (TPSA) is 88.1 Å². The highest BCUT2D eigenvalue weighted by molar-refractivity contribution is 9.10. The fourth-order valence-corrected chi connectivity index (χ4v) is 1.51. The summed E-state index contributed by atoms with van der Waals surface area (Å²) in [5.74, 6) is -0.308. The molecule has 6 heteroatoms. The van der Waals surface area contributed by atoms with Crippen molar-refractivity contribution in [2.24, 2.45) is 5.73 Å². The van der Waals surface area contributed by atoms with Gasteiger partial charge in [0, 0.05) is 11.0 Å². The van der Waals surface area contributed by atoms with Crippen molar-refractivity contribution >= 4 is 27.5 Å². The van der Waals surface area contributed by atoms with Crippen molar-refractivity contribution in [1.29, 1.82) is 5.26 Å². The molecule has 0 saturated heterocycles. The number of nitrogens with two attached hydrogens (primary N) is 1. The van der Waals surface area contributed by atoms with Crippen LogP contribution in [-0.4, -0.2) is 25.7 Å². The van der Waals surface area contributed by atoms with Crippen LogP contribution in [0.3, 0.4) is 0 Å². The molecule has 17 heavy (non-hydrogen) atoms. The zero-order valence-electron chi connectivity index (χ0n) is 9.07. The minimum atomic E-state index is -0.308. The molecule has 0 unspecified atom stereocenters. The normalized spacial score (nSPS) is 9.71. The standard InChI is InChI=1S/C11H12BrN3O2/c12-9-1-2-10(8(5-9)6-14)15-11(16)7-17-4-3-13/h1-2,5H,3-4,7,13H2,(H,15,16). The Morgan fingerprint density at radius 1 is 1.59 bits per heavy atom. The average molecular weight is 298 g/mol. The summed E-state index contributed by atoms with van der Waals surface area (Å²) in [4.78, 5) is 11.4. The maximum Gasteiger partial charge on any atom is 0.250 e. The quantitative estimate of drug-likeness (QED) is 0.800. The van der Waals surface area contributed by atoms with Crippen molar-refractivity contribution in [2.45, 2.75) is 0 Å². The molecule has 1 aromatic rings. The SMILES string of the molecule is N#Cc1cc(Br)ccc1NC(=O)COCCN. The van der Waals surface area contributed by atoms with E-state index in [0.29, 0.717) is 24.4 Å². The van der Waals surface area contributed by atoms with Gasteiger partial charge in [-0.25, -0.2) is 0 Å². The monoisotopic (exact) mass is 297 g/mol. The first-order valence-corrected chi connectivity index (χ1v) is 5.74. The Morgan fingerprint density at radius 3 is 3.00 bits per heavy atom. The van der Waals surface area contributed by atoms with Gasteiger partial charge in [0.2, 0.25) is 5.91 Å². The summed E-state index contributed by atoms with van der Waals surface area (Å²) >= 11 is 3.25. The largest absolute Gasteiger partial charge is 0.370 e. The number of hydrogen-bond donors (Lipinski definition) is 2. The molecule has 1 rings (SSSR count). The van der Waals surface area contributed by atoms with Crippen LogP contribution in [-0.2, 0) is 9.53 Å². The number of hydrogen-bond acceptors (Lipinski definition) is 4. The van der Waals surface area contributed by atoms with Gasteiger partial charge in [0.05, 0.1) is 17.9 Å². The molecule has 0 spiro atoms. The van der Waals surface area contributed by atoms with Gasteiger partial charge in [-0.2, -0.15) is 5.26 Å². The number of rotatable bonds is 5. The Balaban J connectivity index is 2.62. The number of nitriles is 1. The minimum absolute atomic E-state index is 0.0713. The third-order valence-corrected chi connectivity index (χ3v) is 2.36. The van der Waals surface area contributed by atoms with E-state index in [1.54, 1.807) is 18.2 Å². The molecule has 3 N–H and O–H groups in total. The maximum atomic E-state index is 11.4. The van der Waals surface area contributed by atoms with Crippen LogP contribution >= 0.6 is 15.9 Å². The Morgan fingerprint density at radius 2 is 2.35 bits per heavy atom. The van der Waals surface area contributed by atoms with Gasteiger partial charge in [-0.1, -0.05) is 15.9 Å². The van der Waals surface area contributed by atoms with Crippen LogP contribution in [0.15, 0.2) is 22.7 Å². The van der Waals surface area contributed by atoms with Crippen LogP contribution in [0, 0.1) is 11.3 Å². The molecule has 0 aromatic heterocycles. The molecule has 0 heterocycles. The molecule has 0 radical (unpaired) electrons. The first-order chi connectivity index (χ1) is 8.17. The van der Waals surface area contributed by atoms with Crippen molar-refractivity contribution in [2.75, 3.05) is 25.1 Å². The Hall–Kier alpha value is -1.42. The van der Waals surface area contributed by atoms with Crippen LogP contribution in [0.1, 0.15) is 5.56 Å². The van der Waals surface area contributed by atoms with Gasteiger partial charge in [-0.3, -0.25) is 4.79 Å². The highest BCUT2D eigenvalue weighted by Crippen LogP contribution is 2.20. The van der Waals surface area contributed by atoms with Gasteiger partial charge in [0.15, 0.2) is 0 Å². The zero-order chi connectivity index (χ0) is 12.7. The molecule has 5 nitrogen and oxygen atoms in total. The number of carbonyl (C=O) groups excluding carboxylic acids is 1. The Kier molecular flexibility index (Phi) is 5.63. The number of anilines is 1. The lowest BCUT2D eigenvalue weighted by molar-refractivity contribution is -0.120. The van der Waals surface area contributed by atoms with Crippen molar-refractivity contribution in [3.05, 3.63) is 28.2 Å². The zero-order valence-corrected chi connectivity index (χ0v) is 10.7. The molecule has 0 fully saturated rings. The van der Waals surface area contributed by atoms with E-state index in [1.165, 1.54) is 0 Å². The first-order valence-electron chi connectivity index (χ1n) is 4.94. The number of nitrogens with zero attached hydrogens (tertiary/aromatic N) is 1. The second-order valence-corrected chi connectivity index (χ2v) is 4.11. The maximum absolute atomic E-state index is 11.4. The van der Waals surface area contributed by atoms with Gasteiger partial charge in [0.1, 0.15) is 12.7 Å². The van der Waals surface area contributed by atoms with Gasteiger partial charge in [0.25, 0.3) is 0 Å². The van der Waals surface area contributed by atoms with Crippen molar-refractivity contribution in [1.82, 2.24) is 0 Å². The minimum Gasteiger partial charge on any atom is -0.370 e. The summed E-state index contributed by atoms with van der Waals surface area (Å²) < 4.78 is 5.77. The number of halogens is 1. The summed E-state index contributed by atoms with van der Waals surface area (Å²) in [5.41, 5.74) is 6.09. The molecule has 1 amide bonds. The third kappa shape index (κ3) is 4.53. The Labute approximate surface area is 108 Å². The second-order valence-electron chi connectivity index (χ2n) is 3.19. The highest BCUT2D eigenvalue weighted by Gasteiger charge is 2.07. The molecule has 0 aliphatic carbocycles. The van der Waals surface area contributed by atoms with Crippen molar-refractivity contribution in [3.8, 4) is 6.07 Å². The fourth-order valence-electron chi connectivity index (χ4n) is 1.15. The van der Waals surface area contributed by atoms with E-state index in [-0.39, 0.29) is 12.5 Å². The van der Waals surface area contributed by atoms with Gasteiger partial charge in [-0.15, -0.1) is 0 Å². The van der Waals surface area contributed by atoms with Gasteiger partial charge >= 0.3 is 0 Å². The number of benzene rings is 1. The second kappa shape index (κ2) is 7.01. The van der Waals surface area contributed by atoms with E-state index in [4.69, 9.17) is 15.7 Å². The van der Waals surface area contributed by atoms with Gasteiger partial charge in [-0.05, 0) is 18.2 Å². The predicted octanol–water partition coefficient (Wildman–Crippen LogP) is 1.23. The summed E-state index contributed by atoms with van der Waals surface area (Å²) in [5, 5.41) is 11.5. The lowest BCUT2D eigenvalue weighted by Gasteiger charge is -2.07. The number of carbonyl (C=O) groups is 1. The molecule has 0 aliphatic heterocycles. The van der Waals surface area contributed by atoms with E-state index in [0.717, 1.165) is 4.47 Å². The molecular weight excluding hydrogens is 286 g/mol. The van der Waals surface area contributed by atoms with E-state index < -0.39 is 0 Å². The molecule has 1 aromatic carbocycles. The molecule has 0 saturated carbocycles. The lowest BCUT2D eigenvalue weighted by Crippen LogP contribution is -2.21. The van der Waals surface area contributed by atoms with Crippen molar-refractivity contribution in [3.63, 3.8) is 0 Å². The Bertz CT molecular complexity index is 443. The summed E-state index contributed by atoms with van der Waals surface area (Å²) in [6.45, 7) is 0.631. The van der Waals surface area contributed by atoms with Crippen LogP contribution in [0.2, 0.25) is 0 Å². The molecule has 90 valence electrons. The van der Waals surface area contributed by atoms with Crippen LogP contribution < -0.4 is 11.1 Å². The van der Waals surface area contributed by atoms with Gasteiger partial charge < -0.3 is 15.8 Å². The van der Waals surface area contributed by atoms with E-state index in [1.807, 2.05) is 6.07 Å². The van der Waals surface area contributed by atoms with Crippen LogP contribution in [0.25, 0.3) is 0 Å². The fraction of sp³-hybridized carbons (Fsp3) is 0.273. The summed E-state index contributed by atoms with van der Waals surface area (Å²) in [6, 6.07) is 7.04. The van der Waals surface area contributed by atoms with E-state index >= 15 is 0 Å². The molecule has 0 atom stereocenters. The molecule has 0 bridgehead atoms. The van der Waals surface area contributed by atoms with Crippen LogP contribution in [0.5, 0.6) is 0 Å². The predicted molar refractivity (Wildman–Crippen MR) is 67.4 cm³/mol. The third-order valence-electron chi connectivity index (χ3n) is 1.87. The van der Waals surface area contributed by atoms with Crippen molar-refractivity contribution < 1.29 is 9.53 Å². The summed E-state index contributed by atoms with van der Waals surface area (Å²) in [7, 11) is 0. The first kappa shape index (κ1) is 13.6. The smallest absolute Gasteiger partial charge is 0.250 e. The number of amides is 1. The highest BCUT2D eigenvalue weighted by atomic mass is 79.9. The number of ether oxygens (including phenoxy) is 1. The van der Waals surface area contributed by atoms with Crippen LogP contribution in [0.4, 0.5) is 5.69 Å². The van der Waals surface area contributed by atoms with E-state index in [2.05, 4.69) is 21.2 Å². The average Bonchev–Trinajstić information content (AvgIpc) is 2.32. The molecule has 0 aliphatic rings. The lowest BCUT2D eigenvalue weighted by atomic mass is 10.2.